The van der Waals surface area contributed by atoms with E-state index in [0.29, 0.717) is 11.5 Å². The standard InChI is InChI=1S/C18H20N3O7P/c1-12(2)26-18(22)13(3)19-20-29(25)28-17-10-8-16(9-11-17)27-15-6-4-14(5-7-15)21(23)24/h4-13,19H,1-3H3/t13-/m0/s1. The molecule has 0 aromatic heterocycles. The van der Waals surface area contributed by atoms with E-state index in [9.17, 15) is 19.8 Å². The van der Waals surface area contributed by atoms with Gasteiger partial charge in [-0.05, 0) is 57.2 Å². The predicted molar refractivity (Wildman–Crippen MR) is 103 cm³/mol. The number of carbonyl (C=O) groups excluding carboxylic acids is 1. The van der Waals surface area contributed by atoms with Crippen LogP contribution in [0.15, 0.2) is 53.4 Å². The number of esters is 1. The first-order chi connectivity index (χ1) is 13.7. The maximum atomic E-state index is 11.9. The van der Waals surface area contributed by atoms with Crippen molar-refractivity contribution in [2.24, 2.45) is 4.85 Å². The highest BCUT2D eigenvalue weighted by atomic mass is 31.1. The molecule has 154 valence electrons. The fraction of sp³-hybridized carbons (Fsp3) is 0.278. The second kappa shape index (κ2) is 10.5. The van der Waals surface area contributed by atoms with Gasteiger partial charge in [0.05, 0.1) is 11.0 Å². The Bertz CT molecular complexity index is 870. The SMILES string of the molecule is CC(C)OC(=O)[C@H](C)N/N=[P+](\[O-])Oc1ccc(Oc2ccc([N+](=O)[O-])cc2)cc1. The van der Waals surface area contributed by atoms with Crippen molar-refractivity contribution in [3.05, 3.63) is 58.6 Å². The van der Waals surface area contributed by atoms with Crippen molar-refractivity contribution in [1.82, 2.24) is 5.43 Å². The van der Waals surface area contributed by atoms with E-state index in [4.69, 9.17) is 14.0 Å². The maximum absolute atomic E-state index is 11.9. The van der Waals surface area contributed by atoms with E-state index >= 15 is 0 Å². The normalized spacial score (nSPS) is 12.4. The Morgan fingerprint density at radius 3 is 2.07 bits per heavy atom. The minimum Gasteiger partial charge on any atom is -0.574 e. The van der Waals surface area contributed by atoms with E-state index in [1.807, 2.05) is 0 Å². The zero-order valence-electron chi connectivity index (χ0n) is 16.0. The molecule has 0 heterocycles. The molecule has 0 saturated heterocycles. The lowest BCUT2D eigenvalue weighted by molar-refractivity contribution is -0.384. The third kappa shape index (κ3) is 7.46. The zero-order chi connectivity index (χ0) is 21.4. The van der Waals surface area contributed by atoms with Gasteiger partial charge in [0.2, 0.25) is 0 Å². The van der Waals surface area contributed by atoms with Gasteiger partial charge in [0.25, 0.3) is 5.69 Å². The first-order valence-electron chi connectivity index (χ1n) is 8.59. The summed E-state index contributed by atoms with van der Waals surface area (Å²) >= 11 is 0. The smallest absolute Gasteiger partial charge is 0.412 e. The molecule has 0 aliphatic rings. The van der Waals surface area contributed by atoms with Gasteiger partial charge in [-0.2, -0.15) is 5.43 Å². The molecule has 0 bridgehead atoms. The molecule has 1 unspecified atom stereocenters. The summed E-state index contributed by atoms with van der Waals surface area (Å²) in [6, 6.07) is 11.1. The number of benzene rings is 2. The molecule has 2 aromatic rings. The van der Waals surface area contributed by atoms with Crippen LogP contribution in [0.25, 0.3) is 0 Å². The Balaban J connectivity index is 1.89. The zero-order valence-corrected chi connectivity index (χ0v) is 16.9. The first-order valence-corrected chi connectivity index (χ1v) is 9.72. The topological polar surface area (TPSA) is 135 Å². The van der Waals surface area contributed by atoms with Gasteiger partial charge in [-0.25, -0.2) is 0 Å². The number of hydrogen-bond donors (Lipinski definition) is 1. The van der Waals surface area contributed by atoms with E-state index in [1.54, 1.807) is 26.0 Å². The lowest BCUT2D eigenvalue weighted by Gasteiger charge is -2.11. The number of nitro groups is 1. The number of nitrogens with zero attached hydrogens (tertiary/aromatic N) is 2. The van der Waals surface area contributed by atoms with Crippen LogP contribution in [0.2, 0.25) is 0 Å². The van der Waals surface area contributed by atoms with Crippen LogP contribution in [-0.4, -0.2) is 23.0 Å². The van der Waals surface area contributed by atoms with Gasteiger partial charge < -0.3 is 14.4 Å². The molecule has 1 N–H and O–H groups in total. The number of non-ortho nitro benzene ring substituents is 1. The van der Waals surface area contributed by atoms with Crippen LogP contribution in [0.3, 0.4) is 0 Å². The van der Waals surface area contributed by atoms with Gasteiger partial charge >= 0.3 is 14.1 Å². The van der Waals surface area contributed by atoms with Gasteiger partial charge in [0.15, 0.2) is 5.75 Å². The van der Waals surface area contributed by atoms with E-state index in [-0.39, 0.29) is 17.5 Å². The van der Waals surface area contributed by atoms with Crippen molar-refractivity contribution >= 4 is 19.8 Å². The van der Waals surface area contributed by atoms with E-state index in [1.165, 1.54) is 43.3 Å². The van der Waals surface area contributed by atoms with Crippen molar-refractivity contribution in [2.75, 3.05) is 0 Å². The summed E-state index contributed by atoms with van der Waals surface area (Å²) < 4.78 is 15.7. The van der Waals surface area contributed by atoms with E-state index < -0.39 is 25.1 Å². The van der Waals surface area contributed by atoms with Gasteiger partial charge in [0, 0.05) is 17.0 Å². The van der Waals surface area contributed by atoms with E-state index in [2.05, 4.69) is 10.3 Å². The maximum Gasteiger partial charge on any atom is 0.412 e. The molecule has 0 spiro atoms. The number of nitro benzene ring substituents is 1. The molecule has 0 radical (unpaired) electrons. The van der Waals surface area contributed by atoms with Crippen molar-refractivity contribution in [1.29, 1.82) is 0 Å². The molecule has 0 amide bonds. The molecule has 0 aliphatic carbocycles. The fourth-order valence-corrected chi connectivity index (χ4v) is 2.58. The average Bonchev–Trinajstić information content (AvgIpc) is 2.67. The minimum atomic E-state index is -2.45. The molecule has 29 heavy (non-hydrogen) atoms. The Hall–Kier alpha value is -3.07. The van der Waals surface area contributed by atoms with Gasteiger partial charge in [-0.1, -0.05) is 0 Å². The quantitative estimate of drug-likeness (QED) is 0.281. The molecule has 0 fully saturated rings. The third-order valence-corrected chi connectivity index (χ3v) is 3.97. The molecule has 2 atom stereocenters. The molecular weight excluding hydrogens is 401 g/mol. The Morgan fingerprint density at radius 1 is 1.03 bits per heavy atom. The van der Waals surface area contributed by atoms with Crippen LogP contribution in [-0.2, 0) is 9.53 Å². The number of carbonyl (C=O) groups is 1. The number of hydrogen-bond acceptors (Lipinski definition) is 8. The summed E-state index contributed by atoms with van der Waals surface area (Å²) in [5, 5.41) is 10.6. The molecule has 2 rings (SSSR count). The largest absolute Gasteiger partial charge is 0.574 e. The van der Waals surface area contributed by atoms with Crippen LogP contribution in [0.4, 0.5) is 5.69 Å². The number of rotatable bonds is 9. The molecule has 0 aliphatic heterocycles. The summed E-state index contributed by atoms with van der Waals surface area (Å²) in [5.74, 6) is 0.656. The van der Waals surface area contributed by atoms with Gasteiger partial charge in [-0.3, -0.25) is 19.4 Å². The highest BCUT2D eigenvalue weighted by Gasteiger charge is 2.17. The van der Waals surface area contributed by atoms with Crippen molar-refractivity contribution in [3.8, 4) is 17.2 Å². The Labute approximate surface area is 168 Å². The highest BCUT2D eigenvalue weighted by Crippen LogP contribution is 2.28. The summed E-state index contributed by atoms with van der Waals surface area (Å²) in [4.78, 5) is 37.3. The summed E-state index contributed by atoms with van der Waals surface area (Å²) in [6.45, 7) is 4.97. The lowest BCUT2D eigenvalue weighted by Crippen LogP contribution is -2.33. The fourth-order valence-electron chi connectivity index (χ4n) is 1.97. The summed E-state index contributed by atoms with van der Waals surface area (Å²) in [6.07, 6.45) is -0.261. The average molecular weight is 421 g/mol. The number of ether oxygens (including phenoxy) is 2. The van der Waals surface area contributed by atoms with Crippen molar-refractivity contribution < 1.29 is 28.6 Å². The molecule has 11 heteroatoms. The Morgan fingerprint density at radius 2 is 1.55 bits per heavy atom. The molecular formula is C18H20N3O7P. The van der Waals surface area contributed by atoms with Crippen LogP contribution >= 0.6 is 8.17 Å². The first kappa shape index (κ1) is 22.2. The highest BCUT2D eigenvalue weighted by molar-refractivity contribution is 7.33. The third-order valence-electron chi connectivity index (χ3n) is 3.33. The van der Waals surface area contributed by atoms with Crippen LogP contribution in [0.5, 0.6) is 17.2 Å². The van der Waals surface area contributed by atoms with Crippen molar-refractivity contribution in [3.63, 3.8) is 0 Å². The van der Waals surface area contributed by atoms with Crippen LogP contribution in [0.1, 0.15) is 20.8 Å². The minimum absolute atomic E-state index is 0.0333. The molecule has 2 aromatic carbocycles. The van der Waals surface area contributed by atoms with E-state index in [0.717, 1.165) is 0 Å². The molecule has 0 saturated carbocycles. The second-order valence-electron chi connectivity index (χ2n) is 6.09. The summed E-state index contributed by atoms with van der Waals surface area (Å²) in [7, 11) is -2.45. The monoisotopic (exact) mass is 421 g/mol. The molecule has 10 nitrogen and oxygen atoms in total. The van der Waals surface area contributed by atoms with Crippen molar-refractivity contribution in [2.45, 2.75) is 32.9 Å². The lowest BCUT2D eigenvalue weighted by atomic mass is 10.3. The number of nitrogens with one attached hydrogen (secondary N) is 1. The Kier molecular flexibility index (Phi) is 8.02. The van der Waals surface area contributed by atoms with Gasteiger partial charge in [-0.15, -0.1) is 0 Å². The summed E-state index contributed by atoms with van der Waals surface area (Å²) in [5.41, 5.74) is 2.40. The van der Waals surface area contributed by atoms with Crippen LogP contribution in [0, 0.1) is 10.1 Å². The predicted octanol–water partition coefficient (Wildman–Crippen LogP) is 3.47. The van der Waals surface area contributed by atoms with Crippen LogP contribution < -0.4 is 19.6 Å². The second-order valence-corrected chi connectivity index (χ2v) is 6.95. The van der Waals surface area contributed by atoms with Gasteiger partial charge in [0.1, 0.15) is 17.5 Å².